The van der Waals surface area contributed by atoms with Gasteiger partial charge in [0.25, 0.3) is 0 Å². The quantitative estimate of drug-likeness (QED) is 0.491. The molecular formula is C23H22F3N3O4S. The molecule has 0 spiro atoms. The van der Waals surface area contributed by atoms with E-state index in [-0.39, 0.29) is 34.6 Å². The van der Waals surface area contributed by atoms with Crippen LogP contribution in [-0.2, 0) is 27.4 Å². The van der Waals surface area contributed by atoms with E-state index in [1.807, 2.05) is 0 Å². The molecule has 3 aromatic rings. The molecule has 0 amide bonds. The third kappa shape index (κ3) is 4.28. The maximum atomic E-state index is 13.3. The van der Waals surface area contributed by atoms with Crippen LogP contribution in [-0.4, -0.2) is 40.7 Å². The number of nitrogens with zero attached hydrogens (tertiary/aromatic N) is 3. The molecule has 2 aromatic heterocycles. The number of carbonyl (C=O) groups is 1. The number of ether oxygens (including phenoxy) is 1. The van der Waals surface area contributed by atoms with Crippen LogP contribution in [0.15, 0.2) is 30.3 Å². The number of pyridine rings is 1. The molecular weight excluding hydrogens is 471 g/mol. The lowest BCUT2D eigenvalue weighted by molar-refractivity contribution is -0.138. The van der Waals surface area contributed by atoms with E-state index in [2.05, 4.69) is 5.10 Å². The van der Waals surface area contributed by atoms with Crippen molar-refractivity contribution in [2.24, 2.45) is 0 Å². The number of rotatable bonds is 5. The number of fused-ring (bicyclic) bond motifs is 1. The fourth-order valence-corrected chi connectivity index (χ4v) is 6.14. The second kappa shape index (κ2) is 8.07. The first-order chi connectivity index (χ1) is 16.0. The van der Waals surface area contributed by atoms with Gasteiger partial charge >= 0.3 is 12.1 Å². The predicted molar refractivity (Wildman–Crippen MR) is 117 cm³/mol. The van der Waals surface area contributed by atoms with Gasteiger partial charge in [-0.1, -0.05) is 18.2 Å². The lowest BCUT2D eigenvalue weighted by atomic mass is 10.1. The number of hydrogen-bond donors (Lipinski definition) is 0. The van der Waals surface area contributed by atoms with Gasteiger partial charge in [0.05, 0.1) is 39.8 Å². The van der Waals surface area contributed by atoms with Gasteiger partial charge in [-0.3, -0.25) is 0 Å². The number of halogens is 3. The van der Waals surface area contributed by atoms with Gasteiger partial charge in [-0.25, -0.2) is 22.9 Å². The summed E-state index contributed by atoms with van der Waals surface area (Å²) >= 11 is 0. The van der Waals surface area contributed by atoms with Crippen LogP contribution in [0.3, 0.4) is 0 Å². The van der Waals surface area contributed by atoms with Gasteiger partial charge in [0.15, 0.2) is 15.5 Å². The van der Waals surface area contributed by atoms with Crippen LogP contribution in [0.2, 0.25) is 0 Å². The monoisotopic (exact) mass is 493 g/mol. The Hall–Kier alpha value is -2.95. The molecule has 5 rings (SSSR count). The molecule has 180 valence electrons. The molecule has 2 fully saturated rings. The number of alkyl halides is 3. The fourth-order valence-electron chi connectivity index (χ4n) is 4.45. The van der Waals surface area contributed by atoms with Crippen molar-refractivity contribution in [1.82, 2.24) is 14.8 Å². The maximum absolute atomic E-state index is 13.3. The average Bonchev–Trinajstić information content (AvgIpc) is 3.49. The van der Waals surface area contributed by atoms with Crippen LogP contribution in [0.5, 0.6) is 0 Å². The van der Waals surface area contributed by atoms with Gasteiger partial charge in [-0.05, 0) is 38.3 Å². The summed E-state index contributed by atoms with van der Waals surface area (Å²) in [6.45, 7) is 1.15. The molecule has 1 aromatic carbocycles. The van der Waals surface area contributed by atoms with E-state index in [0.717, 1.165) is 18.9 Å². The lowest BCUT2D eigenvalue weighted by Crippen LogP contribution is -2.14. The predicted octanol–water partition coefficient (Wildman–Crippen LogP) is 4.35. The molecule has 3 heterocycles. The molecule has 11 heteroatoms. The van der Waals surface area contributed by atoms with E-state index in [1.54, 1.807) is 17.7 Å². The van der Waals surface area contributed by atoms with Crippen molar-refractivity contribution >= 4 is 26.8 Å². The zero-order valence-electron chi connectivity index (χ0n) is 18.3. The highest BCUT2D eigenvalue weighted by Crippen LogP contribution is 2.41. The van der Waals surface area contributed by atoms with E-state index in [4.69, 9.17) is 9.72 Å². The van der Waals surface area contributed by atoms with Gasteiger partial charge in [0.1, 0.15) is 6.61 Å². The van der Waals surface area contributed by atoms with Crippen molar-refractivity contribution in [3.05, 3.63) is 58.4 Å². The first-order valence-corrected chi connectivity index (χ1v) is 12.8. The first kappa shape index (κ1) is 22.8. The van der Waals surface area contributed by atoms with Crippen molar-refractivity contribution in [2.75, 3.05) is 11.5 Å². The number of carbonyl (C=O) groups excluding carboxylic acids is 1. The molecule has 0 bridgehead atoms. The minimum Gasteiger partial charge on any atom is -0.457 e. The Morgan fingerprint density at radius 2 is 1.94 bits per heavy atom. The van der Waals surface area contributed by atoms with Crippen LogP contribution >= 0.6 is 0 Å². The summed E-state index contributed by atoms with van der Waals surface area (Å²) in [7, 11) is -3.17. The van der Waals surface area contributed by atoms with E-state index >= 15 is 0 Å². The molecule has 1 saturated heterocycles. The Bertz CT molecular complexity index is 1390. The molecule has 1 aliphatic heterocycles. The van der Waals surface area contributed by atoms with Gasteiger partial charge in [0, 0.05) is 17.2 Å². The zero-order valence-corrected chi connectivity index (χ0v) is 19.1. The molecule has 1 unspecified atom stereocenters. The minimum atomic E-state index is -4.56. The topological polar surface area (TPSA) is 91.1 Å². The highest BCUT2D eigenvalue weighted by molar-refractivity contribution is 7.91. The largest absolute Gasteiger partial charge is 0.457 e. The van der Waals surface area contributed by atoms with Crippen LogP contribution < -0.4 is 0 Å². The Labute approximate surface area is 193 Å². The van der Waals surface area contributed by atoms with E-state index in [0.29, 0.717) is 28.8 Å². The molecule has 7 nitrogen and oxygen atoms in total. The van der Waals surface area contributed by atoms with E-state index < -0.39 is 34.2 Å². The Morgan fingerprint density at radius 3 is 2.59 bits per heavy atom. The number of esters is 1. The van der Waals surface area contributed by atoms with Gasteiger partial charge in [0.2, 0.25) is 0 Å². The molecule has 2 aliphatic rings. The number of hydrogen-bond acceptors (Lipinski definition) is 6. The van der Waals surface area contributed by atoms with E-state index in [1.165, 1.54) is 18.2 Å². The minimum absolute atomic E-state index is 0.0490. The first-order valence-electron chi connectivity index (χ1n) is 11.0. The second-order valence-electron chi connectivity index (χ2n) is 8.89. The van der Waals surface area contributed by atoms with Crippen LogP contribution in [0.1, 0.15) is 64.1 Å². The number of sulfone groups is 1. The smallest absolute Gasteiger partial charge is 0.416 e. The fraction of sp³-hybridized carbons (Fsp3) is 0.435. The van der Waals surface area contributed by atoms with Crippen molar-refractivity contribution in [3.63, 3.8) is 0 Å². The molecule has 0 radical (unpaired) electrons. The van der Waals surface area contributed by atoms with Crippen LogP contribution in [0.4, 0.5) is 13.2 Å². The standard InChI is InChI=1S/C23H22F3N3O4S/c1-13-20-17(22(30)33-11-15-4-2-3-5-18(15)23(24,25)26)10-19(14-6-7-14)27-21(20)29(28-13)16-8-9-34(31,32)12-16/h2-5,10,14,16H,6-9,11-12H2,1H3. The Balaban J connectivity index is 1.52. The third-order valence-electron chi connectivity index (χ3n) is 6.31. The summed E-state index contributed by atoms with van der Waals surface area (Å²) in [5.74, 6) is -0.577. The van der Waals surface area contributed by atoms with Crippen molar-refractivity contribution in [2.45, 2.75) is 50.9 Å². The van der Waals surface area contributed by atoms with Gasteiger partial charge in [-0.15, -0.1) is 0 Å². The molecule has 0 N–H and O–H groups in total. The van der Waals surface area contributed by atoms with Crippen molar-refractivity contribution in [3.8, 4) is 0 Å². The SMILES string of the molecule is Cc1nn(C2CCS(=O)(=O)C2)c2nc(C3CC3)cc(C(=O)OCc3ccccc3C(F)(F)F)c12. The number of benzene rings is 1. The summed E-state index contributed by atoms with van der Waals surface area (Å²) in [6, 6.07) is 6.20. The molecule has 34 heavy (non-hydrogen) atoms. The van der Waals surface area contributed by atoms with Gasteiger partial charge in [-0.2, -0.15) is 18.3 Å². The summed E-state index contributed by atoms with van der Waals surface area (Å²) in [6.07, 6.45) is -2.33. The number of aryl methyl sites for hydroxylation is 1. The molecule has 1 saturated carbocycles. The summed E-state index contributed by atoms with van der Waals surface area (Å²) < 4.78 is 70.9. The summed E-state index contributed by atoms with van der Waals surface area (Å²) in [5.41, 5.74) is 0.758. The van der Waals surface area contributed by atoms with Crippen LogP contribution in [0.25, 0.3) is 11.0 Å². The highest BCUT2D eigenvalue weighted by atomic mass is 32.2. The zero-order chi connectivity index (χ0) is 24.3. The third-order valence-corrected chi connectivity index (χ3v) is 8.06. The normalized spacial score (nSPS) is 20.1. The van der Waals surface area contributed by atoms with E-state index in [9.17, 15) is 26.4 Å². The Morgan fingerprint density at radius 1 is 1.21 bits per heavy atom. The lowest BCUT2D eigenvalue weighted by Gasteiger charge is -2.14. The molecule has 1 atom stereocenters. The maximum Gasteiger partial charge on any atom is 0.416 e. The Kier molecular flexibility index (Phi) is 5.42. The summed E-state index contributed by atoms with van der Waals surface area (Å²) in [4.78, 5) is 17.8. The van der Waals surface area contributed by atoms with Gasteiger partial charge < -0.3 is 4.74 Å². The highest BCUT2D eigenvalue weighted by Gasteiger charge is 2.35. The van der Waals surface area contributed by atoms with Crippen molar-refractivity contribution in [1.29, 1.82) is 0 Å². The molecule has 1 aliphatic carbocycles. The van der Waals surface area contributed by atoms with Crippen LogP contribution in [0, 0.1) is 6.92 Å². The summed E-state index contributed by atoms with van der Waals surface area (Å²) in [5, 5.41) is 4.93. The average molecular weight is 494 g/mol. The number of aromatic nitrogens is 3. The second-order valence-corrected chi connectivity index (χ2v) is 11.1. The van der Waals surface area contributed by atoms with Crippen molar-refractivity contribution < 1.29 is 31.1 Å².